The van der Waals surface area contributed by atoms with Crippen LogP contribution in [0.3, 0.4) is 0 Å². The van der Waals surface area contributed by atoms with E-state index in [0.717, 1.165) is 34.9 Å². The first-order chi connectivity index (χ1) is 13.7. The monoisotopic (exact) mass is 395 g/mol. The summed E-state index contributed by atoms with van der Waals surface area (Å²) in [5, 5.41) is 13.9. The Morgan fingerprint density at radius 3 is 2.96 bits per heavy atom. The van der Waals surface area contributed by atoms with Crippen molar-refractivity contribution in [3.8, 4) is 22.6 Å². The van der Waals surface area contributed by atoms with Gasteiger partial charge < -0.3 is 19.5 Å². The van der Waals surface area contributed by atoms with E-state index in [2.05, 4.69) is 17.5 Å². The molecule has 2 aliphatic heterocycles. The largest absolute Gasteiger partial charge is 0.504 e. The Hall–Kier alpha value is -2.57. The van der Waals surface area contributed by atoms with Crippen LogP contribution in [0.1, 0.15) is 18.4 Å². The molecule has 1 fully saturated rings. The van der Waals surface area contributed by atoms with Crippen LogP contribution in [-0.4, -0.2) is 41.8 Å². The molecular formula is C22H21NO4S. The Kier molecular flexibility index (Phi) is 4.45. The van der Waals surface area contributed by atoms with Gasteiger partial charge in [0.05, 0.1) is 6.54 Å². The number of fused-ring (bicyclic) bond motifs is 2. The zero-order chi connectivity index (χ0) is 19.1. The third-order valence-corrected chi connectivity index (χ3v) is 6.39. The molecule has 1 N–H and O–H groups in total. The maximum Gasteiger partial charge on any atom is 0.252 e. The molecule has 6 heteroatoms. The van der Waals surface area contributed by atoms with Crippen LogP contribution in [0.4, 0.5) is 0 Å². The molecule has 2 aliphatic rings. The number of ether oxygens (including phenoxy) is 2. The number of benzene rings is 2. The van der Waals surface area contributed by atoms with Crippen LogP contribution in [0.25, 0.3) is 21.2 Å². The summed E-state index contributed by atoms with van der Waals surface area (Å²) in [4.78, 5) is 14.6. The van der Waals surface area contributed by atoms with Gasteiger partial charge in [-0.3, -0.25) is 4.79 Å². The summed E-state index contributed by atoms with van der Waals surface area (Å²) >= 11 is 1.68. The quantitative estimate of drug-likeness (QED) is 0.707. The van der Waals surface area contributed by atoms with Crippen LogP contribution in [0.15, 0.2) is 41.8 Å². The molecule has 144 valence electrons. The number of thiophene rings is 1. The van der Waals surface area contributed by atoms with Gasteiger partial charge in [-0.05, 0) is 42.0 Å². The van der Waals surface area contributed by atoms with Crippen molar-refractivity contribution in [1.29, 1.82) is 0 Å². The molecule has 0 radical (unpaired) electrons. The molecule has 3 aromatic rings. The second-order valence-corrected chi connectivity index (χ2v) is 8.15. The van der Waals surface area contributed by atoms with E-state index < -0.39 is 0 Å². The predicted octanol–water partition coefficient (Wildman–Crippen LogP) is 4.17. The van der Waals surface area contributed by atoms with Gasteiger partial charge in [-0.2, -0.15) is 0 Å². The van der Waals surface area contributed by atoms with Crippen molar-refractivity contribution in [3.63, 3.8) is 0 Å². The summed E-state index contributed by atoms with van der Waals surface area (Å²) in [6.07, 6.45) is 1.35. The first-order valence-electron chi connectivity index (χ1n) is 9.56. The third-order valence-electron chi connectivity index (χ3n) is 5.42. The Balaban J connectivity index is 1.52. The fourth-order valence-corrected chi connectivity index (χ4v) is 4.99. The van der Waals surface area contributed by atoms with Crippen LogP contribution >= 0.6 is 11.3 Å². The van der Waals surface area contributed by atoms with Crippen LogP contribution in [0, 0.1) is 0 Å². The Morgan fingerprint density at radius 2 is 2.11 bits per heavy atom. The van der Waals surface area contributed by atoms with Gasteiger partial charge in [0.2, 0.25) is 0 Å². The number of phenolic OH excluding ortho intramolecular Hbond substituents is 1. The Bertz CT molecular complexity index is 1040. The number of rotatable bonds is 2. The molecule has 5 nitrogen and oxygen atoms in total. The zero-order valence-corrected chi connectivity index (χ0v) is 16.2. The van der Waals surface area contributed by atoms with Crippen molar-refractivity contribution >= 4 is 27.3 Å². The molecule has 0 aliphatic carbocycles. The lowest BCUT2D eigenvalue weighted by Gasteiger charge is -2.23. The van der Waals surface area contributed by atoms with Gasteiger partial charge in [0.1, 0.15) is 12.7 Å². The first kappa shape index (κ1) is 17.5. The average Bonchev–Trinajstić information content (AvgIpc) is 3.33. The lowest BCUT2D eigenvalue weighted by atomic mass is 10.0. The van der Waals surface area contributed by atoms with E-state index in [0.29, 0.717) is 32.1 Å². The lowest BCUT2D eigenvalue weighted by molar-refractivity contribution is -0.141. The number of hydrogen-bond donors (Lipinski definition) is 1. The summed E-state index contributed by atoms with van der Waals surface area (Å²) in [5.41, 5.74) is 2.85. The van der Waals surface area contributed by atoms with Gasteiger partial charge in [0.15, 0.2) is 11.5 Å². The van der Waals surface area contributed by atoms with E-state index in [1.807, 2.05) is 18.2 Å². The summed E-state index contributed by atoms with van der Waals surface area (Å²) in [6, 6.07) is 12.0. The van der Waals surface area contributed by atoms with Gasteiger partial charge in [-0.15, -0.1) is 11.3 Å². The van der Waals surface area contributed by atoms with Crippen LogP contribution < -0.4 is 4.74 Å². The maximum absolute atomic E-state index is 12.8. The number of carbonyl (C=O) groups excluding carboxylic acids is 1. The average molecular weight is 395 g/mol. The summed E-state index contributed by atoms with van der Waals surface area (Å²) in [7, 11) is 0. The van der Waals surface area contributed by atoms with Gasteiger partial charge in [-0.1, -0.05) is 18.2 Å². The molecule has 5 rings (SSSR count). The lowest BCUT2D eigenvalue weighted by Crippen LogP contribution is -2.39. The number of hydrogen-bond acceptors (Lipinski definition) is 5. The SMILES string of the molecule is O=C([C@@H]1CCCO1)N1CCOc2c(O)cc(-c3csc4ccccc34)cc2C1. The number of carbonyl (C=O) groups is 1. The fourth-order valence-electron chi connectivity index (χ4n) is 4.02. The van der Waals surface area contributed by atoms with Crippen molar-refractivity contribution in [2.24, 2.45) is 0 Å². The molecule has 28 heavy (non-hydrogen) atoms. The van der Waals surface area contributed by atoms with Crippen LogP contribution in [-0.2, 0) is 16.1 Å². The Labute approximate surface area is 167 Å². The minimum absolute atomic E-state index is 0.0137. The molecule has 1 aromatic heterocycles. The highest BCUT2D eigenvalue weighted by Crippen LogP contribution is 2.41. The van der Waals surface area contributed by atoms with E-state index in [-0.39, 0.29) is 17.8 Å². The number of aromatic hydroxyl groups is 1. The minimum atomic E-state index is -0.348. The van der Waals surface area contributed by atoms with Gasteiger partial charge in [0, 0.05) is 34.4 Å². The van der Waals surface area contributed by atoms with Gasteiger partial charge in [0.25, 0.3) is 5.91 Å². The van der Waals surface area contributed by atoms with Crippen molar-refractivity contribution < 1.29 is 19.4 Å². The van der Waals surface area contributed by atoms with Crippen molar-refractivity contribution in [1.82, 2.24) is 4.90 Å². The van der Waals surface area contributed by atoms with E-state index in [1.165, 1.54) is 4.70 Å². The maximum atomic E-state index is 12.8. The summed E-state index contributed by atoms with van der Waals surface area (Å²) in [6.45, 7) is 1.91. The molecule has 3 heterocycles. The number of amides is 1. The zero-order valence-electron chi connectivity index (χ0n) is 15.4. The molecule has 0 bridgehead atoms. The highest BCUT2D eigenvalue weighted by molar-refractivity contribution is 7.17. The molecule has 1 atom stereocenters. The Morgan fingerprint density at radius 1 is 1.21 bits per heavy atom. The molecule has 1 amide bonds. The first-order valence-corrected chi connectivity index (χ1v) is 10.4. The van der Waals surface area contributed by atoms with Crippen molar-refractivity contribution in [3.05, 3.63) is 47.3 Å². The molecule has 1 saturated heterocycles. The predicted molar refractivity (Wildman–Crippen MR) is 109 cm³/mol. The summed E-state index contributed by atoms with van der Waals surface area (Å²) < 4.78 is 12.6. The van der Waals surface area contributed by atoms with Crippen LogP contribution in [0.5, 0.6) is 11.5 Å². The van der Waals surface area contributed by atoms with E-state index in [4.69, 9.17) is 9.47 Å². The third kappa shape index (κ3) is 3.02. The molecule has 2 aromatic carbocycles. The van der Waals surface area contributed by atoms with Crippen LogP contribution in [0.2, 0.25) is 0 Å². The smallest absolute Gasteiger partial charge is 0.252 e. The molecule has 0 unspecified atom stereocenters. The number of nitrogens with zero attached hydrogens (tertiary/aromatic N) is 1. The number of phenols is 1. The van der Waals surface area contributed by atoms with Crippen molar-refractivity contribution in [2.75, 3.05) is 19.8 Å². The van der Waals surface area contributed by atoms with Gasteiger partial charge in [-0.25, -0.2) is 0 Å². The minimum Gasteiger partial charge on any atom is -0.504 e. The highest BCUT2D eigenvalue weighted by Gasteiger charge is 2.30. The van der Waals surface area contributed by atoms with E-state index >= 15 is 0 Å². The fraction of sp³-hybridized carbons (Fsp3) is 0.318. The molecular weight excluding hydrogens is 374 g/mol. The van der Waals surface area contributed by atoms with E-state index in [9.17, 15) is 9.90 Å². The topological polar surface area (TPSA) is 59.0 Å². The molecule has 0 saturated carbocycles. The molecule has 0 spiro atoms. The van der Waals surface area contributed by atoms with Gasteiger partial charge >= 0.3 is 0 Å². The highest BCUT2D eigenvalue weighted by atomic mass is 32.1. The normalized spacial score (nSPS) is 19.3. The standard InChI is InChI=1S/C22H21NO4S/c24-18-11-14(17-13-28-20-6-2-1-4-16(17)20)10-15-12-23(7-9-27-21(15)18)22(25)19-5-3-8-26-19/h1-2,4,6,10-11,13,19,24H,3,5,7-9,12H2/t19-/m0/s1. The second kappa shape index (κ2) is 7.11. The van der Waals surface area contributed by atoms with E-state index in [1.54, 1.807) is 22.3 Å². The van der Waals surface area contributed by atoms with Crippen molar-refractivity contribution in [2.45, 2.75) is 25.5 Å². The summed E-state index contributed by atoms with van der Waals surface area (Å²) in [5.74, 6) is 0.611. The second-order valence-electron chi connectivity index (χ2n) is 7.24.